The van der Waals surface area contributed by atoms with E-state index in [1.807, 2.05) is 19.2 Å². The summed E-state index contributed by atoms with van der Waals surface area (Å²) in [6.07, 6.45) is 5.40. The Labute approximate surface area is 148 Å². The lowest BCUT2D eigenvalue weighted by molar-refractivity contribution is -0.127. The Morgan fingerprint density at radius 2 is 2.00 bits per heavy atom. The Morgan fingerprint density at radius 3 is 2.64 bits per heavy atom. The minimum Gasteiger partial charge on any atom is -0.349 e. The second-order valence-electron chi connectivity index (χ2n) is 6.69. The summed E-state index contributed by atoms with van der Waals surface area (Å²) in [5, 5.41) is 3.06. The number of likely N-dealkylation sites (tertiary alicyclic amines) is 1. The monoisotopic (exact) mass is 341 g/mol. The van der Waals surface area contributed by atoms with Gasteiger partial charge in [0.2, 0.25) is 5.91 Å². The van der Waals surface area contributed by atoms with Gasteiger partial charge < -0.3 is 5.32 Å². The number of hydrogen-bond donors (Lipinski definition) is 1. The molecule has 1 saturated heterocycles. The van der Waals surface area contributed by atoms with Crippen molar-refractivity contribution in [2.45, 2.75) is 32.4 Å². The van der Waals surface area contributed by atoms with E-state index in [0.717, 1.165) is 38.0 Å². The normalized spacial score (nSPS) is 17.2. The van der Waals surface area contributed by atoms with Crippen LogP contribution < -0.4 is 5.32 Å². The molecule has 0 saturated carbocycles. The molecule has 1 aromatic carbocycles. The molecule has 0 aliphatic carbocycles. The van der Waals surface area contributed by atoms with E-state index in [1.54, 1.807) is 18.3 Å². The summed E-state index contributed by atoms with van der Waals surface area (Å²) in [5.74, 6) is -0.117. The molecule has 1 N–H and O–H groups in total. The van der Waals surface area contributed by atoms with Gasteiger partial charge in [-0.05, 0) is 62.2 Å². The number of carbonyl (C=O) groups is 1. The smallest absolute Gasteiger partial charge is 0.223 e. The minimum absolute atomic E-state index is 0.0491. The average Bonchev–Trinajstić information content (AvgIpc) is 2.63. The second-order valence-corrected chi connectivity index (χ2v) is 6.69. The zero-order valence-corrected chi connectivity index (χ0v) is 14.5. The lowest BCUT2D eigenvalue weighted by Gasteiger charge is -2.31. The molecule has 0 radical (unpaired) electrons. The molecule has 132 valence electrons. The fourth-order valence-electron chi connectivity index (χ4n) is 3.27. The largest absolute Gasteiger partial charge is 0.349 e. The van der Waals surface area contributed by atoms with E-state index < -0.39 is 0 Å². The first kappa shape index (κ1) is 17.5. The van der Waals surface area contributed by atoms with Crippen molar-refractivity contribution in [1.82, 2.24) is 15.2 Å². The molecule has 5 heteroatoms. The quantitative estimate of drug-likeness (QED) is 0.907. The number of piperidine rings is 1. The van der Waals surface area contributed by atoms with Crippen molar-refractivity contribution in [1.29, 1.82) is 0 Å². The van der Waals surface area contributed by atoms with Crippen LogP contribution in [0.15, 0.2) is 48.8 Å². The zero-order valence-electron chi connectivity index (χ0n) is 14.5. The molecule has 1 aliphatic rings. The van der Waals surface area contributed by atoms with Gasteiger partial charge in [0.25, 0.3) is 0 Å². The number of rotatable bonds is 5. The molecule has 0 spiro atoms. The van der Waals surface area contributed by atoms with Gasteiger partial charge in [-0.2, -0.15) is 0 Å². The van der Waals surface area contributed by atoms with Crippen molar-refractivity contribution in [2.75, 3.05) is 13.1 Å². The summed E-state index contributed by atoms with van der Waals surface area (Å²) < 4.78 is 13.0. The molecule has 1 fully saturated rings. The van der Waals surface area contributed by atoms with Crippen LogP contribution in [-0.2, 0) is 11.3 Å². The molecule has 2 heterocycles. The third-order valence-corrected chi connectivity index (χ3v) is 4.82. The van der Waals surface area contributed by atoms with Crippen LogP contribution in [0.1, 0.15) is 36.9 Å². The Hall–Kier alpha value is -2.27. The molecule has 1 aliphatic heterocycles. The Balaban J connectivity index is 1.47. The van der Waals surface area contributed by atoms with Crippen molar-refractivity contribution in [3.8, 4) is 0 Å². The first-order chi connectivity index (χ1) is 12.1. The van der Waals surface area contributed by atoms with Gasteiger partial charge in [-0.15, -0.1) is 0 Å². The molecule has 25 heavy (non-hydrogen) atoms. The van der Waals surface area contributed by atoms with Gasteiger partial charge in [-0.25, -0.2) is 4.39 Å². The van der Waals surface area contributed by atoms with E-state index in [-0.39, 0.29) is 23.7 Å². The van der Waals surface area contributed by atoms with Gasteiger partial charge in [0.1, 0.15) is 5.82 Å². The minimum atomic E-state index is -0.261. The SMILES string of the molecule is CC(NC(=O)C1CCN(Cc2cccnc2)CC1)c1ccc(F)cc1. The number of halogens is 1. The molecule has 4 nitrogen and oxygen atoms in total. The van der Waals surface area contributed by atoms with Crippen molar-refractivity contribution >= 4 is 5.91 Å². The third-order valence-electron chi connectivity index (χ3n) is 4.82. The van der Waals surface area contributed by atoms with E-state index in [2.05, 4.69) is 21.3 Å². The van der Waals surface area contributed by atoms with Crippen LogP contribution in [0.4, 0.5) is 4.39 Å². The van der Waals surface area contributed by atoms with Crippen molar-refractivity contribution in [3.63, 3.8) is 0 Å². The number of carbonyl (C=O) groups excluding carboxylic acids is 1. The molecular formula is C20H24FN3O. The Kier molecular flexibility index (Phi) is 5.76. The lowest BCUT2D eigenvalue weighted by atomic mass is 9.95. The Morgan fingerprint density at radius 1 is 1.28 bits per heavy atom. The summed E-state index contributed by atoms with van der Waals surface area (Å²) >= 11 is 0. The van der Waals surface area contributed by atoms with Gasteiger partial charge in [0.15, 0.2) is 0 Å². The number of pyridine rings is 1. The summed E-state index contributed by atoms with van der Waals surface area (Å²) in [6.45, 7) is 4.65. The Bertz CT molecular complexity index is 682. The van der Waals surface area contributed by atoms with E-state index in [0.29, 0.717) is 0 Å². The fraction of sp³-hybridized carbons (Fsp3) is 0.400. The number of nitrogens with zero attached hydrogens (tertiary/aromatic N) is 2. The molecule has 2 aromatic rings. The van der Waals surface area contributed by atoms with Crippen LogP contribution in [0.3, 0.4) is 0 Å². The molecule has 0 bridgehead atoms. The third kappa shape index (κ3) is 4.86. The molecule has 1 unspecified atom stereocenters. The van der Waals surface area contributed by atoms with Crippen LogP contribution in [0.5, 0.6) is 0 Å². The number of amides is 1. The van der Waals surface area contributed by atoms with Crippen LogP contribution >= 0.6 is 0 Å². The molecule has 1 aromatic heterocycles. The fourth-order valence-corrected chi connectivity index (χ4v) is 3.27. The van der Waals surface area contributed by atoms with Crippen LogP contribution in [0, 0.1) is 11.7 Å². The summed E-state index contributed by atoms with van der Waals surface area (Å²) in [6, 6.07) is 10.2. The zero-order chi connectivity index (χ0) is 17.6. The highest BCUT2D eigenvalue weighted by Gasteiger charge is 2.26. The number of hydrogen-bond acceptors (Lipinski definition) is 3. The number of nitrogens with one attached hydrogen (secondary N) is 1. The van der Waals surface area contributed by atoms with Gasteiger partial charge in [0, 0.05) is 24.9 Å². The maximum atomic E-state index is 13.0. The lowest BCUT2D eigenvalue weighted by Crippen LogP contribution is -2.40. The van der Waals surface area contributed by atoms with Crippen molar-refractivity contribution < 1.29 is 9.18 Å². The average molecular weight is 341 g/mol. The topological polar surface area (TPSA) is 45.2 Å². The van der Waals surface area contributed by atoms with Gasteiger partial charge in [-0.1, -0.05) is 18.2 Å². The van der Waals surface area contributed by atoms with Crippen LogP contribution in [0.25, 0.3) is 0 Å². The van der Waals surface area contributed by atoms with Gasteiger partial charge in [0.05, 0.1) is 6.04 Å². The molecule has 3 rings (SSSR count). The second kappa shape index (κ2) is 8.21. The van der Waals surface area contributed by atoms with Crippen LogP contribution in [0.2, 0.25) is 0 Å². The predicted molar refractivity (Wildman–Crippen MR) is 95.2 cm³/mol. The molecule has 1 atom stereocenters. The maximum absolute atomic E-state index is 13.0. The predicted octanol–water partition coefficient (Wildman–Crippen LogP) is 3.31. The van der Waals surface area contributed by atoms with E-state index >= 15 is 0 Å². The van der Waals surface area contributed by atoms with E-state index in [4.69, 9.17) is 0 Å². The first-order valence-corrected chi connectivity index (χ1v) is 8.79. The van der Waals surface area contributed by atoms with Gasteiger partial charge in [-0.3, -0.25) is 14.7 Å². The standard InChI is InChI=1S/C20H24FN3O/c1-15(17-4-6-19(21)7-5-17)23-20(25)18-8-11-24(12-9-18)14-16-3-2-10-22-13-16/h2-7,10,13,15,18H,8-9,11-12,14H2,1H3,(H,23,25). The van der Waals surface area contributed by atoms with E-state index in [1.165, 1.54) is 17.7 Å². The molecule has 1 amide bonds. The summed E-state index contributed by atoms with van der Waals surface area (Å²) in [7, 11) is 0. The molecular weight excluding hydrogens is 317 g/mol. The van der Waals surface area contributed by atoms with E-state index in [9.17, 15) is 9.18 Å². The van der Waals surface area contributed by atoms with Gasteiger partial charge >= 0.3 is 0 Å². The maximum Gasteiger partial charge on any atom is 0.223 e. The summed E-state index contributed by atoms with van der Waals surface area (Å²) in [5.41, 5.74) is 2.12. The first-order valence-electron chi connectivity index (χ1n) is 8.79. The van der Waals surface area contributed by atoms with Crippen molar-refractivity contribution in [3.05, 3.63) is 65.7 Å². The van der Waals surface area contributed by atoms with Crippen molar-refractivity contribution in [2.24, 2.45) is 5.92 Å². The number of benzene rings is 1. The highest BCUT2D eigenvalue weighted by molar-refractivity contribution is 5.79. The number of aromatic nitrogens is 1. The highest BCUT2D eigenvalue weighted by atomic mass is 19.1. The highest BCUT2D eigenvalue weighted by Crippen LogP contribution is 2.21. The van der Waals surface area contributed by atoms with Crippen LogP contribution in [-0.4, -0.2) is 28.9 Å². The summed E-state index contributed by atoms with van der Waals surface area (Å²) in [4.78, 5) is 19.0.